The maximum atomic E-state index is 7.38. The fourth-order valence-electron chi connectivity index (χ4n) is 1.59. The molecule has 2 aromatic carbocycles. The van der Waals surface area contributed by atoms with Crippen LogP contribution in [0.5, 0.6) is 5.75 Å². The Balaban J connectivity index is 2.72. The van der Waals surface area contributed by atoms with Gasteiger partial charge in [0.1, 0.15) is 11.6 Å². The number of nitrogen functional groups attached to an aromatic ring is 1. The second-order valence-electron chi connectivity index (χ2n) is 3.31. The van der Waals surface area contributed by atoms with Crippen LogP contribution in [0.2, 0.25) is 0 Å². The smallest absolute Gasteiger partial charge is 0.126 e. The SMILES string of the molecule is COc1cccc2ccc(C(=N)N)cc12. The molecule has 0 spiro atoms. The lowest BCUT2D eigenvalue weighted by Crippen LogP contribution is -2.10. The summed E-state index contributed by atoms with van der Waals surface area (Å²) in [4.78, 5) is 0. The summed E-state index contributed by atoms with van der Waals surface area (Å²) in [5.41, 5.74) is 6.15. The summed E-state index contributed by atoms with van der Waals surface area (Å²) in [5, 5.41) is 9.44. The average molecular weight is 200 g/mol. The Labute approximate surface area is 88.0 Å². The highest BCUT2D eigenvalue weighted by molar-refractivity contribution is 6.00. The maximum absolute atomic E-state index is 7.38. The largest absolute Gasteiger partial charge is 0.496 e. The molecule has 0 unspecified atom stereocenters. The first-order valence-corrected chi connectivity index (χ1v) is 4.63. The number of nitrogens with two attached hydrogens (primary N) is 1. The van der Waals surface area contributed by atoms with Crippen molar-refractivity contribution in [3.8, 4) is 5.75 Å². The molecule has 0 saturated heterocycles. The van der Waals surface area contributed by atoms with Crippen LogP contribution in [-0.4, -0.2) is 12.9 Å². The van der Waals surface area contributed by atoms with Gasteiger partial charge in [0.15, 0.2) is 0 Å². The van der Waals surface area contributed by atoms with Crippen LogP contribution in [0.1, 0.15) is 5.56 Å². The van der Waals surface area contributed by atoms with E-state index in [2.05, 4.69) is 0 Å². The Kier molecular flexibility index (Phi) is 2.29. The molecule has 0 heterocycles. The van der Waals surface area contributed by atoms with Gasteiger partial charge in [-0.25, -0.2) is 0 Å². The summed E-state index contributed by atoms with van der Waals surface area (Å²) < 4.78 is 5.25. The van der Waals surface area contributed by atoms with Crippen molar-refractivity contribution in [3.05, 3.63) is 42.0 Å². The lowest BCUT2D eigenvalue weighted by atomic mass is 10.1. The van der Waals surface area contributed by atoms with Gasteiger partial charge in [0, 0.05) is 10.9 Å². The number of amidine groups is 1. The minimum Gasteiger partial charge on any atom is -0.496 e. The maximum Gasteiger partial charge on any atom is 0.126 e. The molecule has 76 valence electrons. The molecule has 0 aliphatic rings. The van der Waals surface area contributed by atoms with E-state index in [9.17, 15) is 0 Å². The third kappa shape index (κ3) is 1.64. The van der Waals surface area contributed by atoms with Gasteiger partial charge < -0.3 is 10.5 Å². The zero-order valence-electron chi connectivity index (χ0n) is 8.45. The first-order chi connectivity index (χ1) is 7.22. The van der Waals surface area contributed by atoms with E-state index in [0.29, 0.717) is 5.56 Å². The van der Waals surface area contributed by atoms with E-state index in [1.165, 1.54) is 0 Å². The van der Waals surface area contributed by atoms with Crippen LogP contribution in [0, 0.1) is 5.41 Å². The fourth-order valence-corrected chi connectivity index (χ4v) is 1.59. The fraction of sp³-hybridized carbons (Fsp3) is 0.0833. The molecule has 3 heteroatoms. The molecule has 15 heavy (non-hydrogen) atoms. The van der Waals surface area contributed by atoms with E-state index < -0.39 is 0 Å². The first kappa shape index (κ1) is 9.52. The van der Waals surface area contributed by atoms with Crippen LogP contribution in [-0.2, 0) is 0 Å². The molecule has 0 aliphatic heterocycles. The highest BCUT2D eigenvalue weighted by Gasteiger charge is 2.03. The van der Waals surface area contributed by atoms with Crippen LogP contribution < -0.4 is 10.5 Å². The van der Waals surface area contributed by atoms with Crippen molar-refractivity contribution in [3.63, 3.8) is 0 Å². The number of hydrogen-bond donors (Lipinski definition) is 2. The molecule has 0 aromatic heterocycles. The molecule has 3 nitrogen and oxygen atoms in total. The minimum absolute atomic E-state index is 0.0720. The standard InChI is InChI=1S/C12H12N2O/c1-15-11-4-2-3-8-5-6-9(12(13)14)7-10(8)11/h2-7H,1H3,(H3,13,14). The van der Waals surface area contributed by atoms with E-state index in [-0.39, 0.29) is 5.84 Å². The molecule has 0 fully saturated rings. The lowest BCUT2D eigenvalue weighted by molar-refractivity contribution is 0.420. The summed E-state index contributed by atoms with van der Waals surface area (Å²) in [6.07, 6.45) is 0. The molecule has 3 N–H and O–H groups in total. The van der Waals surface area contributed by atoms with Gasteiger partial charge in [0.05, 0.1) is 7.11 Å². The first-order valence-electron chi connectivity index (χ1n) is 4.63. The van der Waals surface area contributed by atoms with Gasteiger partial charge in [-0.05, 0) is 17.5 Å². The van der Waals surface area contributed by atoms with Crippen molar-refractivity contribution < 1.29 is 4.74 Å². The lowest BCUT2D eigenvalue weighted by Gasteiger charge is -2.06. The Morgan fingerprint density at radius 3 is 2.73 bits per heavy atom. The molecule has 0 saturated carbocycles. The van der Waals surface area contributed by atoms with Gasteiger partial charge in [0.25, 0.3) is 0 Å². The molecule has 0 aliphatic carbocycles. The van der Waals surface area contributed by atoms with E-state index in [1.807, 2.05) is 36.4 Å². The molecular formula is C12H12N2O. The van der Waals surface area contributed by atoms with Crippen LogP contribution in [0.3, 0.4) is 0 Å². The minimum atomic E-state index is 0.0720. The van der Waals surface area contributed by atoms with E-state index in [1.54, 1.807) is 7.11 Å². The van der Waals surface area contributed by atoms with Crippen LogP contribution in [0.25, 0.3) is 10.8 Å². The van der Waals surface area contributed by atoms with Crippen molar-refractivity contribution in [2.24, 2.45) is 5.73 Å². The summed E-state index contributed by atoms with van der Waals surface area (Å²) in [7, 11) is 1.63. The number of fused-ring (bicyclic) bond motifs is 1. The normalized spacial score (nSPS) is 10.2. The Hall–Kier alpha value is -2.03. The number of rotatable bonds is 2. The highest BCUT2D eigenvalue weighted by Crippen LogP contribution is 2.25. The number of nitrogens with one attached hydrogen (secondary N) is 1. The molecule has 0 bridgehead atoms. The average Bonchev–Trinajstić information content (AvgIpc) is 2.27. The Morgan fingerprint density at radius 1 is 1.27 bits per heavy atom. The van der Waals surface area contributed by atoms with E-state index in [4.69, 9.17) is 15.9 Å². The molecule has 2 aromatic rings. The number of ether oxygens (including phenoxy) is 1. The topological polar surface area (TPSA) is 59.1 Å². The second kappa shape index (κ2) is 3.61. The zero-order chi connectivity index (χ0) is 10.8. The van der Waals surface area contributed by atoms with Crippen molar-refractivity contribution in [1.29, 1.82) is 5.41 Å². The molecule has 2 rings (SSSR count). The van der Waals surface area contributed by atoms with Gasteiger partial charge in [-0.3, -0.25) is 5.41 Å². The van der Waals surface area contributed by atoms with Crippen LogP contribution in [0.4, 0.5) is 0 Å². The summed E-state index contributed by atoms with van der Waals surface area (Å²) in [5.74, 6) is 0.874. The Morgan fingerprint density at radius 2 is 2.07 bits per heavy atom. The molecule has 0 atom stereocenters. The monoisotopic (exact) mass is 200 g/mol. The third-order valence-corrected chi connectivity index (χ3v) is 2.37. The van der Waals surface area contributed by atoms with Crippen molar-refractivity contribution >= 4 is 16.6 Å². The molecule has 0 amide bonds. The van der Waals surface area contributed by atoms with Crippen molar-refractivity contribution in [2.45, 2.75) is 0 Å². The van der Waals surface area contributed by atoms with Crippen molar-refractivity contribution in [1.82, 2.24) is 0 Å². The zero-order valence-corrected chi connectivity index (χ0v) is 8.45. The van der Waals surface area contributed by atoms with Crippen LogP contribution in [0.15, 0.2) is 36.4 Å². The summed E-state index contributed by atoms with van der Waals surface area (Å²) in [6, 6.07) is 11.5. The molecule has 0 radical (unpaired) electrons. The van der Waals surface area contributed by atoms with Gasteiger partial charge in [-0.1, -0.05) is 24.3 Å². The quantitative estimate of drug-likeness (QED) is 0.576. The van der Waals surface area contributed by atoms with Gasteiger partial charge in [0.2, 0.25) is 0 Å². The van der Waals surface area contributed by atoms with E-state index in [0.717, 1.165) is 16.5 Å². The third-order valence-electron chi connectivity index (χ3n) is 2.37. The summed E-state index contributed by atoms with van der Waals surface area (Å²) in [6.45, 7) is 0. The second-order valence-corrected chi connectivity index (χ2v) is 3.31. The predicted octanol–water partition coefficient (Wildman–Crippen LogP) is 2.13. The highest BCUT2D eigenvalue weighted by atomic mass is 16.5. The van der Waals surface area contributed by atoms with Gasteiger partial charge in [-0.2, -0.15) is 0 Å². The number of hydrogen-bond acceptors (Lipinski definition) is 2. The number of methoxy groups -OCH3 is 1. The number of benzene rings is 2. The predicted molar refractivity (Wildman–Crippen MR) is 61.5 cm³/mol. The van der Waals surface area contributed by atoms with E-state index >= 15 is 0 Å². The summed E-state index contributed by atoms with van der Waals surface area (Å²) >= 11 is 0. The Bertz CT molecular complexity index is 520. The van der Waals surface area contributed by atoms with Gasteiger partial charge >= 0.3 is 0 Å². The molecular weight excluding hydrogens is 188 g/mol. The van der Waals surface area contributed by atoms with Gasteiger partial charge in [-0.15, -0.1) is 0 Å². The van der Waals surface area contributed by atoms with Crippen LogP contribution >= 0.6 is 0 Å². The van der Waals surface area contributed by atoms with Crippen molar-refractivity contribution in [2.75, 3.05) is 7.11 Å².